The molecule has 2 unspecified atom stereocenters. The summed E-state index contributed by atoms with van der Waals surface area (Å²) in [5, 5.41) is 10.2. The van der Waals surface area contributed by atoms with E-state index >= 15 is 0 Å². The second-order valence-corrected chi connectivity index (χ2v) is 6.70. The smallest absolute Gasteiger partial charge is 0.347 e. The molecular weight excluding hydrogens is 274 g/mol. The normalized spacial score (nSPS) is 26.8. The highest BCUT2D eigenvalue weighted by Gasteiger charge is 2.36. The molecule has 5 nitrogen and oxygen atoms in total. The minimum Gasteiger partial charge on any atom is -0.477 e. The summed E-state index contributed by atoms with van der Waals surface area (Å²) >= 11 is 1.33. The fourth-order valence-electron chi connectivity index (χ4n) is 3.32. The zero-order valence-electron chi connectivity index (χ0n) is 12.0. The van der Waals surface area contributed by atoms with E-state index in [9.17, 15) is 9.90 Å². The molecule has 1 N–H and O–H groups in total. The van der Waals surface area contributed by atoms with Crippen LogP contribution in [0.25, 0.3) is 0 Å². The molecule has 0 bridgehead atoms. The Bertz CT molecular complexity index is 517. The van der Waals surface area contributed by atoms with Crippen molar-refractivity contribution in [1.82, 2.24) is 9.88 Å². The topological polar surface area (TPSA) is 56.7 Å². The number of thiazole rings is 1. The molecule has 0 aliphatic carbocycles. The molecule has 110 valence electrons. The number of rotatable bonds is 3. The quantitative estimate of drug-likeness (QED) is 0.925. The van der Waals surface area contributed by atoms with Crippen LogP contribution in [0.2, 0.25) is 0 Å². The van der Waals surface area contributed by atoms with Crippen LogP contribution in [0, 0.1) is 0 Å². The van der Waals surface area contributed by atoms with Gasteiger partial charge in [0.15, 0.2) is 5.13 Å². The van der Waals surface area contributed by atoms with Gasteiger partial charge in [-0.25, -0.2) is 9.78 Å². The molecule has 2 fully saturated rings. The van der Waals surface area contributed by atoms with Gasteiger partial charge in [0, 0.05) is 25.2 Å². The molecule has 0 spiro atoms. The van der Waals surface area contributed by atoms with E-state index < -0.39 is 5.97 Å². The Morgan fingerprint density at radius 3 is 2.95 bits per heavy atom. The van der Waals surface area contributed by atoms with Gasteiger partial charge in [-0.15, -0.1) is 0 Å². The minimum atomic E-state index is -0.849. The van der Waals surface area contributed by atoms with E-state index in [1.165, 1.54) is 30.7 Å². The van der Waals surface area contributed by atoms with Gasteiger partial charge in [0.25, 0.3) is 0 Å². The van der Waals surface area contributed by atoms with Gasteiger partial charge in [0.1, 0.15) is 4.88 Å². The van der Waals surface area contributed by atoms with Crippen LogP contribution in [-0.2, 0) is 6.42 Å². The average molecular weight is 295 g/mol. The molecule has 3 rings (SSSR count). The number of aryl methyl sites for hydroxylation is 1. The number of hydrogen-bond donors (Lipinski definition) is 1. The predicted octanol–water partition coefficient (Wildman–Crippen LogP) is 2.08. The summed E-state index contributed by atoms with van der Waals surface area (Å²) in [6, 6.07) is 1.02. The zero-order valence-corrected chi connectivity index (χ0v) is 12.8. The van der Waals surface area contributed by atoms with Gasteiger partial charge in [-0.2, -0.15) is 0 Å². The molecule has 2 saturated heterocycles. The van der Waals surface area contributed by atoms with E-state index in [4.69, 9.17) is 0 Å². The van der Waals surface area contributed by atoms with Crippen LogP contribution >= 0.6 is 11.3 Å². The summed E-state index contributed by atoms with van der Waals surface area (Å²) in [6.07, 6.45) is 3.21. The van der Waals surface area contributed by atoms with Crippen molar-refractivity contribution in [2.75, 3.05) is 24.5 Å². The fraction of sp³-hybridized carbons (Fsp3) is 0.714. The Kier molecular flexibility index (Phi) is 3.69. The summed E-state index contributed by atoms with van der Waals surface area (Å²) in [5.41, 5.74) is 0.721. The predicted molar refractivity (Wildman–Crippen MR) is 79.9 cm³/mol. The Morgan fingerprint density at radius 1 is 1.50 bits per heavy atom. The first-order valence-corrected chi connectivity index (χ1v) is 8.15. The third-order valence-corrected chi connectivity index (χ3v) is 5.52. The van der Waals surface area contributed by atoms with Crippen LogP contribution in [0.15, 0.2) is 0 Å². The van der Waals surface area contributed by atoms with Gasteiger partial charge >= 0.3 is 5.97 Å². The Morgan fingerprint density at radius 2 is 2.30 bits per heavy atom. The lowest BCUT2D eigenvalue weighted by atomic mass is 10.1. The van der Waals surface area contributed by atoms with Crippen molar-refractivity contribution < 1.29 is 9.90 Å². The maximum absolute atomic E-state index is 11.3. The summed E-state index contributed by atoms with van der Waals surface area (Å²) in [5.74, 6) is -0.849. The Labute approximate surface area is 123 Å². The van der Waals surface area contributed by atoms with Gasteiger partial charge in [-0.1, -0.05) is 18.3 Å². The van der Waals surface area contributed by atoms with Crippen LogP contribution in [-0.4, -0.2) is 52.7 Å². The van der Waals surface area contributed by atoms with E-state index in [-0.39, 0.29) is 0 Å². The lowest BCUT2D eigenvalue weighted by Crippen LogP contribution is -2.55. The maximum Gasteiger partial charge on any atom is 0.347 e. The number of nitrogens with zero attached hydrogens (tertiary/aromatic N) is 3. The molecule has 3 heterocycles. The van der Waals surface area contributed by atoms with Gasteiger partial charge in [0.05, 0.1) is 5.69 Å². The molecule has 0 aromatic carbocycles. The van der Waals surface area contributed by atoms with E-state index in [1.807, 2.05) is 6.92 Å². The number of aromatic nitrogens is 1. The van der Waals surface area contributed by atoms with Gasteiger partial charge in [-0.05, 0) is 32.7 Å². The number of fused-ring (bicyclic) bond motifs is 1. The molecule has 1 aromatic rings. The third-order valence-electron chi connectivity index (χ3n) is 4.40. The molecular formula is C14H21N3O2S. The highest BCUT2D eigenvalue weighted by atomic mass is 32.1. The van der Waals surface area contributed by atoms with Gasteiger partial charge in [-0.3, -0.25) is 4.90 Å². The summed E-state index contributed by atoms with van der Waals surface area (Å²) < 4.78 is 0. The summed E-state index contributed by atoms with van der Waals surface area (Å²) in [6.45, 7) is 7.43. The summed E-state index contributed by atoms with van der Waals surface area (Å²) in [4.78, 5) is 21.1. The van der Waals surface area contributed by atoms with E-state index in [2.05, 4.69) is 21.7 Å². The van der Waals surface area contributed by atoms with Crippen LogP contribution < -0.4 is 4.90 Å². The molecule has 2 aliphatic heterocycles. The first-order valence-electron chi connectivity index (χ1n) is 7.33. The van der Waals surface area contributed by atoms with Crippen LogP contribution in [0.3, 0.4) is 0 Å². The number of aromatic carboxylic acids is 1. The lowest BCUT2D eigenvalue weighted by molar-refractivity contribution is 0.0701. The first kappa shape index (κ1) is 13.8. The van der Waals surface area contributed by atoms with Crippen molar-refractivity contribution in [1.29, 1.82) is 0 Å². The number of carboxylic acids is 1. The van der Waals surface area contributed by atoms with Crippen molar-refractivity contribution >= 4 is 22.4 Å². The van der Waals surface area contributed by atoms with E-state index in [0.29, 0.717) is 23.4 Å². The third kappa shape index (κ3) is 2.31. The van der Waals surface area contributed by atoms with Crippen molar-refractivity contribution in [3.05, 3.63) is 10.6 Å². The molecule has 0 radical (unpaired) electrons. The zero-order chi connectivity index (χ0) is 14.3. The Balaban J connectivity index is 1.86. The molecule has 0 amide bonds. The number of anilines is 1. The number of carboxylic acid groups (broad SMARTS) is 1. The van der Waals surface area contributed by atoms with Crippen LogP contribution in [0.5, 0.6) is 0 Å². The number of hydrogen-bond acceptors (Lipinski definition) is 5. The van der Waals surface area contributed by atoms with Crippen LogP contribution in [0.1, 0.15) is 42.1 Å². The van der Waals surface area contributed by atoms with Crippen molar-refractivity contribution in [2.24, 2.45) is 0 Å². The lowest BCUT2D eigenvalue weighted by Gasteiger charge is -2.42. The first-order chi connectivity index (χ1) is 9.60. The molecule has 6 heteroatoms. The second-order valence-electron chi connectivity index (χ2n) is 5.72. The molecule has 2 atom stereocenters. The molecule has 1 aromatic heterocycles. The van der Waals surface area contributed by atoms with E-state index in [0.717, 1.165) is 23.9 Å². The fourth-order valence-corrected chi connectivity index (χ4v) is 4.43. The molecule has 20 heavy (non-hydrogen) atoms. The van der Waals surface area contributed by atoms with E-state index in [1.54, 1.807) is 0 Å². The van der Waals surface area contributed by atoms with Crippen molar-refractivity contribution in [3.8, 4) is 0 Å². The molecule has 0 saturated carbocycles. The molecule has 2 aliphatic rings. The second kappa shape index (κ2) is 5.33. The summed E-state index contributed by atoms with van der Waals surface area (Å²) in [7, 11) is 0. The van der Waals surface area contributed by atoms with Crippen LogP contribution in [0.4, 0.5) is 5.13 Å². The van der Waals surface area contributed by atoms with Gasteiger partial charge in [0.2, 0.25) is 0 Å². The maximum atomic E-state index is 11.3. The average Bonchev–Trinajstić information content (AvgIpc) is 3.02. The minimum absolute atomic E-state index is 0.404. The standard InChI is InChI=1S/C14H21N3O2S/c1-3-11-12(13(18)19)20-14(15-11)17-8-10-5-4-6-16(10)7-9(17)2/h9-10H,3-8H2,1-2H3,(H,18,19). The SMILES string of the molecule is CCc1nc(N2CC3CCCN3CC2C)sc1C(=O)O. The Hall–Kier alpha value is -1.14. The largest absolute Gasteiger partial charge is 0.477 e. The number of piperazine rings is 1. The van der Waals surface area contributed by atoms with Crippen molar-refractivity contribution in [2.45, 2.75) is 45.2 Å². The number of carbonyl (C=O) groups is 1. The highest BCUT2D eigenvalue weighted by Crippen LogP contribution is 2.33. The monoisotopic (exact) mass is 295 g/mol. The van der Waals surface area contributed by atoms with Crippen molar-refractivity contribution in [3.63, 3.8) is 0 Å². The highest BCUT2D eigenvalue weighted by molar-refractivity contribution is 7.17. The van der Waals surface area contributed by atoms with Gasteiger partial charge < -0.3 is 10.0 Å².